The molecule has 18 heavy (non-hydrogen) atoms. The lowest BCUT2D eigenvalue weighted by atomic mass is 10.2. The number of aliphatic hydroxyl groups is 1. The topological polar surface area (TPSA) is 41.5 Å². The molecule has 0 saturated heterocycles. The van der Waals surface area contributed by atoms with E-state index in [-0.39, 0.29) is 11.9 Å². The molecule has 0 fully saturated rings. The number of hydrogen-bond donors (Lipinski definition) is 2. The first kappa shape index (κ1) is 14.9. The minimum Gasteiger partial charge on any atom is -0.435 e. The van der Waals surface area contributed by atoms with E-state index in [0.717, 1.165) is 18.5 Å². The highest BCUT2D eigenvalue weighted by molar-refractivity contribution is 5.27. The number of nitrogens with one attached hydrogen (secondary N) is 1. The maximum atomic E-state index is 11.9. The molecular weight excluding hydrogens is 240 g/mol. The standard InChI is InChI=1S/C13H19F2NO2/c1-2-11(17)7-8-16-9-10-3-5-12(6-4-10)18-13(14)15/h3-6,11,13,16-17H,2,7-9H2,1H3. The van der Waals surface area contributed by atoms with Crippen molar-refractivity contribution >= 4 is 0 Å². The van der Waals surface area contributed by atoms with Crippen LogP contribution in [0.3, 0.4) is 0 Å². The van der Waals surface area contributed by atoms with Crippen LogP contribution in [0.25, 0.3) is 0 Å². The maximum absolute atomic E-state index is 11.9. The van der Waals surface area contributed by atoms with Gasteiger partial charge in [-0.25, -0.2) is 0 Å². The largest absolute Gasteiger partial charge is 0.435 e. The van der Waals surface area contributed by atoms with E-state index in [1.54, 1.807) is 12.1 Å². The summed E-state index contributed by atoms with van der Waals surface area (Å²) >= 11 is 0. The van der Waals surface area contributed by atoms with Crippen molar-refractivity contribution in [3.63, 3.8) is 0 Å². The smallest absolute Gasteiger partial charge is 0.387 e. The molecule has 0 aliphatic rings. The van der Waals surface area contributed by atoms with Gasteiger partial charge in [-0.3, -0.25) is 0 Å². The second-order valence-electron chi connectivity index (χ2n) is 4.05. The first-order chi connectivity index (χ1) is 8.61. The van der Waals surface area contributed by atoms with Crippen molar-refractivity contribution in [1.82, 2.24) is 5.32 Å². The molecule has 0 bridgehead atoms. The van der Waals surface area contributed by atoms with Crippen molar-refractivity contribution < 1.29 is 18.6 Å². The van der Waals surface area contributed by atoms with Crippen molar-refractivity contribution in [2.75, 3.05) is 6.54 Å². The molecule has 1 atom stereocenters. The van der Waals surface area contributed by atoms with Gasteiger partial charge in [-0.15, -0.1) is 0 Å². The summed E-state index contributed by atoms with van der Waals surface area (Å²) in [5.41, 5.74) is 0.989. The van der Waals surface area contributed by atoms with Crippen LogP contribution in [0.5, 0.6) is 5.75 Å². The predicted octanol–water partition coefficient (Wildman–Crippen LogP) is 2.54. The van der Waals surface area contributed by atoms with Crippen LogP contribution in [0.2, 0.25) is 0 Å². The van der Waals surface area contributed by atoms with Gasteiger partial charge in [-0.2, -0.15) is 8.78 Å². The molecule has 1 aromatic rings. The summed E-state index contributed by atoms with van der Waals surface area (Å²) in [6.45, 7) is 0.520. The zero-order chi connectivity index (χ0) is 13.4. The van der Waals surface area contributed by atoms with Gasteiger partial charge in [-0.05, 0) is 37.1 Å². The Kier molecular flexibility index (Phi) is 6.60. The number of rotatable bonds is 8. The van der Waals surface area contributed by atoms with Gasteiger partial charge in [0.05, 0.1) is 6.10 Å². The maximum Gasteiger partial charge on any atom is 0.387 e. The highest BCUT2D eigenvalue weighted by Crippen LogP contribution is 2.14. The van der Waals surface area contributed by atoms with Crippen LogP contribution < -0.4 is 10.1 Å². The number of ether oxygens (including phenoxy) is 1. The van der Waals surface area contributed by atoms with Crippen molar-refractivity contribution in [3.05, 3.63) is 29.8 Å². The average Bonchev–Trinajstić information content (AvgIpc) is 2.35. The zero-order valence-electron chi connectivity index (χ0n) is 10.4. The number of alkyl halides is 2. The molecule has 0 saturated carbocycles. The Balaban J connectivity index is 2.26. The molecular formula is C13H19F2NO2. The van der Waals surface area contributed by atoms with E-state index >= 15 is 0 Å². The molecule has 2 N–H and O–H groups in total. The monoisotopic (exact) mass is 259 g/mol. The molecule has 0 aromatic heterocycles. The summed E-state index contributed by atoms with van der Waals surface area (Å²) in [4.78, 5) is 0. The minimum atomic E-state index is -2.79. The van der Waals surface area contributed by atoms with Crippen molar-refractivity contribution in [3.8, 4) is 5.75 Å². The molecule has 0 amide bonds. The summed E-state index contributed by atoms with van der Waals surface area (Å²) in [6.07, 6.45) is 1.20. The van der Waals surface area contributed by atoms with Gasteiger partial charge in [0.1, 0.15) is 5.75 Å². The van der Waals surface area contributed by atoms with Crippen LogP contribution >= 0.6 is 0 Å². The van der Waals surface area contributed by atoms with E-state index in [9.17, 15) is 13.9 Å². The SMILES string of the molecule is CCC(O)CCNCc1ccc(OC(F)F)cc1. The van der Waals surface area contributed by atoms with Crippen LogP contribution in [0.1, 0.15) is 25.3 Å². The Labute approximate surface area is 106 Å². The van der Waals surface area contributed by atoms with Crippen LogP contribution in [0.15, 0.2) is 24.3 Å². The lowest BCUT2D eigenvalue weighted by molar-refractivity contribution is -0.0498. The van der Waals surface area contributed by atoms with E-state index in [2.05, 4.69) is 10.1 Å². The highest BCUT2D eigenvalue weighted by atomic mass is 19.3. The van der Waals surface area contributed by atoms with Crippen molar-refractivity contribution in [2.24, 2.45) is 0 Å². The second-order valence-corrected chi connectivity index (χ2v) is 4.05. The summed E-state index contributed by atoms with van der Waals surface area (Å²) in [6, 6.07) is 6.51. The molecule has 1 rings (SSSR count). The summed E-state index contributed by atoms with van der Waals surface area (Å²) in [7, 11) is 0. The van der Waals surface area contributed by atoms with E-state index in [1.165, 1.54) is 12.1 Å². The van der Waals surface area contributed by atoms with E-state index in [4.69, 9.17) is 0 Å². The lowest BCUT2D eigenvalue weighted by Gasteiger charge is -2.09. The van der Waals surface area contributed by atoms with Crippen LogP contribution in [0.4, 0.5) is 8.78 Å². The quantitative estimate of drug-likeness (QED) is 0.705. The molecule has 5 heteroatoms. The fraction of sp³-hybridized carbons (Fsp3) is 0.538. The molecule has 0 aliphatic carbocycles. The summed E-state index contributed by atoms with van der Waals surface area (Å²) in [5.74, 6) is 0.162. The number of halogens is 2. The molecule has 1 unspecified atom stereocenters. The molecule has 102 valence electrons. The highest BCUT2D eigenvalue weighted by Gasteiger charge is 2.03. The van der Waals surface area contributed by atoms with Crippen LogP contribution in [0, 0.1) is 0 Å². The summed E-state index contributed by atoms with van der Waals surface area (Å²) in [5, 5.41) is 12.5. The van der Waals surface area contributed by atoms with Crippen LogP contribution in [-0.4, -0.2) is 24.4 Å². The normalized spacial score (nSPS) is 12.7. The molecule has 1 aromatic carbocycles. The third-order valence-corrected chi connectivity index (χ3v) is 2.60. The van der Waals surface area contributed by atoms with Gasteiger partial charge in [0.25, 0.3) is 0 Å². The Morgan fingerprint density at radius 2 is 1.94 bits per heavy atom. The van der Waals surface area contributed by atoms with E-state index in [0.29, 0.717) is 13.0 Å². The average molecular weight is 259 g/mol. The van der Waals surface area contributed by atoms with E-state index < -0.39 is 6.61 Å². The van der Waals surface area contributed by atoms with Gasteiger partial charge in [-0.1, -0.05) is 19.1 Å². The van der Waals surface area contributed by atoms with Gasteiger partial charge >= 0.3 is 6.61 Å². The third-order valence-electron chi connectivity index (χ3n) is 2.60. The van der Waals surface area contributed by atoms with Crippen molar-refractivity contribution in [1.29, 1.82) is 0 Å². The Morgan fingerprint density at radius 1 is 1.28 bits per heavy atom. The van der Waals surface area contributed by atoms with Gasteiger partial charge in [0.2, 0.25) is 0 Å². The first-order valence-corrected chi connectivity index (χ1v) is 6.04. The molecule has 0 aliphatic heterocycles. The second kappa shape index (κ2) is 8.00. The van der Waals surface area contributed by atoms with Gasteiger partial charge < -0.3 is 15.2 Å². The fourth-order valence-electron chi connectivity index (χ4n) is 1.49. The Hall–Kier alpha value is -1.20. The molecule has 0 heterocycles. The summed E-state index contributed by atoms with van der Waals surface area (Å²) < 4.78 is 28.1. The van der Waals surface area contributed by atoms with Crippen LogP contribution in [-0.2, 0) is 6.54 Å². The Bertz CT molecular complexity index is 330. The predicted molar refractivity (Wildman–Crippen MR) is 65.7 cm³/mol. The molecule has 0 spiro atoms. The fourth-order valence-corrected chi connectivity index (χ4v) is 1.49. The lowest BCUT2D eigenvalue weighted by Crippen LogP contribution is -2.19. The number of hydrogen-bond acceptors (Lipinski definition) is 3. The zero-order valence-corrected chi connectivity index (χ0v) is 10.4. The molecule has 3 nitrogen and oxygen atoms in total. The third kappa shape index (κ3) is 5.93. The first-order valence-electron chi connectivity index (χ1n) is 6.04. The minimum absolute atomic E-state index is 0.162. The van der Waals surface area contributed by atoms with Gasteiger partial charge in [0.15, 0.2) is 0 Å². The van der Waals surface area contributed by atoms with Gasteiger partial charge in [0, 0.05) is 6.54 Å². The van der Waals surface area contributed by atoms with E-state index in [1.807, 2.05) is 6.92 Å². The number of aliphatic hydroxyl groups excluding tert-OH is 1. The van der Waals surface area contributed by atoms with Crippen molar-refractivity contribution in [2.45, 2.75) is 39.0 Å². The Morgan fingerprint density at radius 3 is 2.50 bits per heavy atom. The molecule has 0 radical (unpaired) electrons. The number of benzene rings is 1.